The topological polar surface area (TPSA) is 89.8 Å². The number of nitrogens with zero attached hydrogens (tertiary/aromatic N) is 2. The number of hydrogen-bond donors (Lipinski definition) is 2. The van der Waals surface area contributed by atoms with Gasteiger partial charge in [-0.15, -0.1) is 0 Å². The van der Waals surface area contributed by atoms with E-state index in [4.69, 9.17) is 10.4 Å². The lowest BCUT2D eigenvalue weighted by Crippen LogP contribution is -1.95. The molecule has 2 N–H and O–H groups in total. The van der Waals surface area contributed by atoms with Gasteiger partial charge >= 0.3 is 5.97 Å². The zero-order chi connectivity index (χ0) is 14.1. The Bertz CT molecular complexity index is 859. The highest BCUT2D eigenvalue weighted by Gasteiger charge is 2.09. The Morgan fingerprint density at radius 1 is 1.25 bits per heavy atom. The summed E-state index contributed by atoms with van der Waals surface area (Å²) in [6.07, 6.45) is 0. The Kier molecular flexibility index (Phi) is 2.70. The third-order valence-electron chi connectivity index (χ3n) is 2.99. The molecule has 0 saturated heterocycles. The number of fused-ring (bicyclic) bond motifs is 1. The van der Waals surface area contributed by atoms with Crippen molar-refractivity contribution < 1.29 is 9.90 Å². The minimum absolute atomic E-state index is 0.209. The molecule has 0 atom stereocenters. The zero-order valence-corrected chi connectivity index (χ0v) is 10.3. The molecule has 96 valence electrons. The number of carboxylic acid groups (broad SMARTS) is 1. The summed E-state index contributed by atoms with van der Waals surface area (Å²) in [7, 11) is 0. The lowest BCUT2D eigenvalue weighted by molar-refractivity contribution is 0.0697. The number of rotatable bonds is 2. The van der Waals surface area contributed by atoms with E-state index >= 15 is 0 Å². The van der Waals surface area contributed by atoms with Gasteiger partial charge in [-0.05, 0) is 30.3 Å². The van der Waals surface area contributed by atoms with Gasteiger partial charge < -0.3 is 10.1 Å². The second-order valence-electron chi connectivity index (χ2n) is 4.32. The van der Waals surface area contributed by atoms with Crippen LogP contribution in [0.3, 0.4) is 0 Å². The number of carbonyl (C=O) groups is 1. The van der Waals surface area contributed by atoms with Gasteiger partial charge in [-0.25, -0.2) is 9.78 Å². The first-order chi connectivity index (χ1) is 9.67. The van der Waals surface area contributed by atoms with Crippen molar-refractivity contribution in [3.8, 4) is 17.5 Å². The standard InChI is InChI=1S/C15H9N3O2/c16-8-9-4-5-12-13(6-9)18-14(17-12)10-2-1-3-11(7-10)15(19)20/h1-7H,(H,17,18)(H,19,20). The summed E-state index contributed by atoms with van der Waals surface area (Å²) in [5.74, 6) is -0.395. The summed E-state index contributed by atoms with van der Waals surface area (Å²) < 4.78 is 0. The van der Waals surface area contributed by atoms with Crippen molar-refractivity contribution in [3.05, 3.63) is 53.6 Å². The predicted molar refractivity (Wildman–Crippen MR) is 73.2 cm³/mol. The molecular formula is C15H9N3O2. The minimum Gasteiger partial charge on any atom is -0.478 e. The second kappa shape index (κ2) is 4.52. The first-order valence-electron chi connectivity index (χ1n) is 5.91. The average molecular weight is 263 g/mol. The van der Waals surface area contributed by atoms with Crippen LogP contribution >= 0.6 is 0 Å². The van der Waals surface area contributed by atoms with E-state index in [1.165, 1.54) is 6.07 Å². The van der Waals surface area contributed by atoms with E-state index < -0.39 is 5.97 Å². The summed E-state index contributed by atoms with van der Waals surface area (Å²) in [4.78, 5) is 18.5. The summed E-state index contributed by atoms with van der Waals surface area (Å²) in [6.45, 7) is 0. The quantitative estimate of drug-likeness (QED) is 0.743. The minimum atomic E-state index is -0.977. The van der Waals surface area contributed by atoms with Crippen LogP contribution in [0.1, 0.15) is 15.9 Å². The molecule has 5 heteroatoms. The monoisotopic (exact) mass is 263 g/mol. The molecule has 0 aliphatic carbocycles. The summed E-state index contributed by atoms with van der Waals surface area (Å²) in [5.41, 5.74) is 2.94. The molecule has 2 aromatic carbocycles. The van der Waals surface area contributed by atoms with E-state index in [1.807, 2.05) is 0 Å². The van der Waals surface area contributed by atoms with Gasteiger partial charge in [0.25, 0.3) is 0 Å². The highest BCUT2D eigenvalue weighted by Crippen LogP contribution is 2.22. The van der Waals surface area contributed by atoms with Crippen molar-refractivity contribution >= 4 is 17.0 Å². The lowest BCUT2D eigenvalue weighted by atomic mass is 10.1. The molecule has 0 amide bonds. The Morgan fingerprint density at radius 3 is 2.85 bits per heavy atom. The number of imidazole rings is 1. The van der Waals surface area contributed by atoms with Gasteiger partial charge in [0.15, 0.2) is 0 Å². The molecule has 0 bridgehead atoms. The molecule has 5 nitrogen and oxygen atoms in total. The van der Waals surface area contributed by atoms with Crippen LogP contribution in [-0.4, -0.2) is 21.0 Å². The summed E-state index contributed by atoms with van der Waals surface area (Å²) in [6, 6.07) is 13.8. The number of carboxylic acids is 1. The number of aromatic nitrogens is 2. The molecule has 3 rings (SSSR count). The Hall–Kier alpha value is -3.13. The summed E-state index contributed by atoms with van der Waals surface area (Å²) in [5, 5.41) is 17.9. The van der Waals surface area contributed by atoms with Gasteiger partial charge in [-0.1, -0.05) is 12.1 Å². The molecule has 20 heavy (non-hydrogen) atoms. The van der Waals surface area contributed by atoms with Gasteiger partial charge in [0, 0.05) is 5.56 Å². The fourth-order valence-electron chi connectivity index (χ4n) is 2.02. The molecule has 1 aromatic heterocycles. The lowest BCUT2D eigenvalue weighted by Gasteiger charge is -1.98. The third-order valence-corrected chi connectivity index (χ3v) is 2.99. The van der Waals surface area contributed by atoms with Gasteiger partial charge in [-0.2, -0.15) is 5.26 Å². The van der Waals surface area contributed by atoms with Gasteiger partial charge in [0.2, 0.25) is 0 Å². The number of benzene rings is 2. The maximum Gasteiger partial charge on any atom is 0.335 e. The van der Waals surface area contributed by atoms with Gasteiger partial charge in [0.1, 0.15) is 5.82 Å². The number of nitriles is 1. The zero-order valence-electron chi connectivity index (χ0n) is 10.3. The van der Waals surface area contributed by atoms with Crippen molar-refractivity contribution in [2.24, 2.45) is 0 Å². The van der Waals surface area contributed by atoms with Crippen molar-refractivity contribution in [3.63, 3.8) is 0 Å². The predicted octanol–water partition coefficient (Wildman–Crippen LogP) is 2.80. The average Bonchev–Trinajstić information content (AvgIpc) is 2.90. The van der Waals surface area contributed by atoms with Crippen LogP contribution in [0.25, 0.3) is 22.4 Å². The van der Waals surface area contributed by atoms with E-state index in [2.05, 4.69) is 16.0 Å². The number of aromatic carboxylic acids is 1. The molecule has 0 aliphatic heterocycles. The Balaban J connectivity index is 2.13. The van der Waals surface area contributed by atoms with Crippen molar-refractivity contribution in [2.45, 2.75) is 0 Å². The van der Waals surface area contributed by atoms with Crippen LogP contribution in [0.4, 0.5) is 0 Å². The van der Waals surface area contributed by atoms with Crippen LogP contribution in [0.15, 0.2) is 42.5 Å². The molecule has 1 heterocycles. The molecule has 3 aromatic rings. The first kappa shape index (κ1) is 11.9. The van der Waals surface area contributed by atoms with Crippen LogP contribution < -0.4 is 0 Å². The maximum atomic E-state index is 11.0. The number of hydrogen-bond acceptors (Lipinski definition) is 3. The molecule has 0 fully saturated rings. The number of aromatic amines is 1. The van der Waals surface area contributed by atoms with E-state index in [0.29, 0.717) is 17.0 Å². The molecular weight excluding hydrogens is 254 g/mol. The van der Waals surface area contributed by atoms with Gasteiger partial charge in [-0.3, -0.25) is 0 Å². The van der Waals surface area contributed by atoms with E-state index in [9.17, 15) is 4.79 Å². The molecule has 0 saturated carbocycles. The van der Waals surface area contributed by atoms with E-state index in [-0.39, 0.29) is 5.56 Å². The van der Waals surface area contributed by atoms with Crippen LogP contribution in [0.5, 0.6) is 0 Å². The fourth-order valence-corrected chi connectivity index (χ4v) is 2.02. The van der Waals surface area contributed by atoms with Gasteiger partial charge in [0.05, 0.1) is 28.2 Å². The Morgan fingerprint density at radius 2 is 2.10 bits per heavy atom. The SMILES string of the molecule is N#Cc1ccc2nc(-c3cccc(C(=O)O)c3)[nH]c2c1. The van der Waals surface area contributed by atoms with Crippen molar-refractivity contribution in [1.82, 2.24) is 9.97 Å². The highest BCUT2D eigenvalue weighted by molar-refractivity contribution is 5.89. The van der Waals surface area contributed by atoms with Crippen molar-refractivity contribution in [1.29, 1.82) is 5.26 Å². The van der Waals surface area contributed by atoms with E-state index in [0.717, 1.165) is 11.0 Å². The molecule has 0 unspecified atom stereocenters. The fraction of sp³-hybridized carbons (Fsp3) is 0. The normalized spacial score (nSPS) is 10.3. The largest absolute Gasteiger partial charge is 0.478 e. The smallest absolute Gasteiger partial charge is 0.335 e. The molecule has 0 radical (unpaired) electrons. The summed E-state index contributed by atoms with van der Waals surface area (Å²) >= 11 is 0. The third kappa shape index (κ3) is 1.99. The number of nitrogens with one attached hydrogen (secondary N) is 1. The Labute approximate surface area is 114 Å². The second-order valence-corrected chi connectivity index (χ2v) is 4.32. The van der Waals surface area contributed by atoms with Crippen LogP contribution in [0, 0.1) is 11.3 Å². The van der Waals surface area contributed by atoms with Crippen LogP contribution in [0.2, 0.25) is 0 Å². The van der Waals surface area contributed by atoms with Crippen LogP contribution in [-0.2, 0) is 0 Å². The molecule has 0 spiro atoms. The van der Waals surface area contributed by atoms with Crippen molar-refractivity contribution in [2.75, 3.05) is 0 Å². The number of H-pyrrole nitrogens is 1. The highest BCUT2D eigenvalue weighted by atomic mass is 16.4. The maximum absolute atomic E-state index is 11.0. The molecule has 0 aliphatic rings. The first-order valence-corrected chi connectivity index (χ1v) is 5.91. The van der Waals surface area contributed by atoms with E-state index in [1.54, 1.807) is 36.4 Å².